The standard InChI is InChI=1S/C10H8Cl2N4OS/c1-4-8(18-5(2)13-4)9(17)15-7-3-6(11)14-10(12)16-7/h3H,1-2H3,(H,14,15,16,17). The Labute approximate surface area is 117 Å². The normalized spacial score (nSPS) is 10.4. The molecule has 8 heteroatoms. The van der Waals surface area contributed by atoms with Crippen molar-refractivity contribution in [2.75, 3.05) is 5.32 Å². The molecule has 18 heavy (non-hydrogen) atoms. The average Bonchev–Trinajstić information content (AvgIpc) is 2.56. The number of aromatic nitrogens is 3. The molecule has 0 radical (unpaired) electrons. The van der Waals surface area contributed by atoms with Gasteiger partial charge in [0, 0.05) is 6.07 Å². The Bertz CT molecular complexity index is 594. The van der Waals surface area contributed by atoms with E-state index < -0.39 is 0 Å². The monoisotopic (exact) mass is 302 g/mol. The minimum absolute atomic E-state index is 0.0185. The molecule has 0 aliphatic rings. The molecule has 0 unspecified atom stereocenters. The van der Waals surface area contributed by atoms with Gasteiger partial charge in [-0.2, -0.15) is 0 Å². The van der Waals surface area contributed by atoms with E-state index in [0.29, 0.717) is 10.6 Å². The second-order valence-corrected chi connectivity index (χ2v) is 5.37. The molecule has 5 nitrogen and oxygen atoms in total. The number of amides is 1. The van der Waals surface area contributed by atoms with Gasteiger partial charge in [0.25, 0.3) is 5.91 Å². The maximum Gasteiger partial charge on any atom is 0.268 e. The van der Waals surface area contributed by atoms with Crippen LogP contribution < -0.4 is 5.32 Å². The van der Waals surface area contributed by atoms with Gasteiger partial charge in [0.15, 0.2) is 0 Å². The summed E-state index contributed by atoms with van der Waals surface area (Å²) in [6, 6.07) is 1.43. The number of hydrogen-bond acceptors (Lipinski definition) is 5. The number of nitrogens with zero attached hydrogens (tertiary/aromatic N) is 3. The summed E-state index contributed by atoms with van der Waals surface area (Å²) in [7, 11) is 0. The van der Waals surface area contributed by atoms with Gasteiger partial charge in [-0.1, -0.05) is 11.6 Å². The van der Waals surface area contributed by atoms with E-state index in [1.54, 1.807) is 6.92 Å². The van der Waals surface area contributed by atoms with Gasteiger partial charge in [-0.15, -0.1) is 11.3 Å². The van der Waals surface area contributed by atoms with E-state index in [4.69, 9.17) is 23.2 Å². The number of aryl methyl sites for hydroxylation is 2. The first-order chi connectivity index (χ1) is 8.45. The van der Waals surface area contributed by atoms with Crippen molar-refractivity contribution in [1.82, 2.24) is 15.0 Å². The van der Waals surface area contributed by atoms with Crippen LogP contribution in [0.3, 0.4) is 0 Å². The van der Waals surface area contributed by atoms with Gasteiger partial charge in [-0.3, -0.25) is 4.79 Å². The van der Waals surface area contributed by atoms with Gasteiger partial charge in [-0.05, 0) is 25.4 Å². The molecule has 1 amide bonds. The Balaban J connectivity index is 2.23. The van der Waals surface area contributed by atoms with Crippen LogP contribution >= 0.6 is 34.5 Å². The third kappa shape index (κ3) is 2.95. The Hall–Kier alpha value is -1.24. The van der Waals surface area contributed by atoms with Crippen LogP contribution in [0.4, 0.5) is 5.82 Å². The van der Waals surface area contributed by atoms with E-state index in [9.17, 15) is 4.79 Å². The maximum absolute atomic E-state index is 12.0. The van der Waals surface area contributed by atoms with E-state index >= 15 is 0 Å². The largest absolute Gasteiger partial charge is 0.306 e. The van der Waals surface area contributed by atoms with Gasteiger partial charge < -0.3 is 5.32 Å². The van der Waals surface area contributed by atoms with E-state index in [2.05, 4.69) is 20.3 Å². The Kier molecular flexibility index (Phi) is 3.79. The summed E-state index contributed by atoms with van der Waals surface area (Å²) >= 11 is 12.7. The van der Waals surface area contributed by atoms with Crippen molar-refractivity contribution >= 4 is 46.3 Å². The van der Waals surface area contributed by atoms with Crippen LogP contribution in [-0.4, -0.2) is 20.9 Å². The Morgan fingerprint density at radius 2 is 2.00 bits per heavy atom. The van der Waals surface area contributed by atoms with Crippen LogP contribution in [0.15, 0.2) is 6.07 Å². The molecule has 2 rings (SSSR count). The number of carbonyl (C=O) groups excluding carboxylic acids is 1. The molecule has 1 N–H and O–H groups in total. The van der Waals surface area contributed by atoms with Crippen LogP contribution in [0, 0.1) is 13.8 Å². The second-order valence-electron chi connectivity index (χ2n) is 3.45. The van der Waals surface area contributed by atoms with Gasteiger partial charge in [0.2, 0.25) is 5.28 Å². The predicted octanol–water partition coefficient (Wildman–Crippen LogP) is 3.11. The molecule has 0 saturated heterocycles. The molecule has 0 fully saturated rings. The molecule has 2 aromatic rings. The van der Waals surface area contributed by atoms with Crippen molar-refractivity contribution < 1.29 is 4.79 Å². The minimum atomic E-state index is -0.288. The molecule has 0 saturated carbocycles. The predicted molar refractivity (Wildman–Crippen MR) is 71.6 cm³/mol. The molecule has 94 valence electrons. The number of carbonyl (C=O) groups is 1. The lowest BCUT2D eigenvalue weighted by Gasteiger charge is -2.03. The van der Waals surface area contributed by atoms with Crippen molar-refractivity contribution in [3.8, 4) is 0 Å². The summed E-state index contributed by atoms with van der Waals surface area (Å²) in [5, 5.41) is 3.59. The molecule has 0 aliphatic heterocycles. The van der Waals surface area contributed by atoms with Gasteiger partial charge in [0.05, 0.1) is 10.7 Å². The van der Waals surface area contributed by atoms with Gasteiger partial charge >= 0.3 is 0 Å². The molecule has 2 heterocycles. The van der Waals surface area contributed by atoms with Crippen molar-refractivity contribution in [3.05, 3.63) is 32.1 Å². The van der Waals surface area contributed by atoms with Crippen molar-refractivity contribution in [2.45, 2.75) is 13.8 Å². The number of halogens is 2. The third-order valence-corrected chi connectivity index (χ3v) is 3.45. The number of thiazole rings is 1. The second kappa shape index (κ2) is 5.17. The van der Waals surface area contributed by atoms with Crippen LogP contribution in [-0.2, 0) is 0 Å². The summed E-state index contributed by atoms with van der Waals surface area (Å²) in [6.07, 6.45) is 0. The smallest absolute Gasteiger partial charge is 0.268 e. The fraction of sp³-hybridized carbons (Fsp3) is 0.200. The molecule has 2 aromatic heterocycles. The van der Waals surface area contributed by atoms with Gasteiger partial charge in [0.1, 0.15) is 15.8 Å². The van der Waals surface area contributed by atoms with Crippen molar-refractivity contribution in [2.24, 2.45) is 0 Å². The van der Waals surface area contributed by atoms with Gasteiger partial charge in [-0.25, -0.2) is 15.0 Å². The molecule has 0 aromatic carbocycles. The van der Waals surface area contributed by atoms with Crippen molar-refractivity contribution in [1.29, 1.82) is 0 Å². The van der Waals surface area contributed by atoms with E-state index in [1.807, 2.05) is 6.92 Å². The molecule has 0 bridgehead atoms. The molecular formula is C10H8Cl2N4OS. The number of anilines is 1. The molecule has 0 atom stereocenters. The first kappa shape index (κ1) is 13.2. The topological polar surface area (TPSA) is 67.8 Å². The van der Waals surface area contributed by atoms with Crippen LogP contribution in [0.2, 0.25) is 10.4 Å². The lowest BCUT2D eigenvalue weighted by molar-refractivity contribution is 0.102. The number of hydrogen-bond donors (Lipinski definition) is 1. The van der Waals surface area contributed by atoms with Crippen LogP contribution in [0.25, 0.3) is 0 Å². The highest BCUT2D eigenvalue weighted by Crippen LogP contribution is 2.20. The van der Waals surface area contributed by atoms with E-state index in [-0.39, 0.29) is 22.2 Å². The molecule has 0 spiro atoms. The van der Waals surface area contributed by atoms with Crippen LogP contribution in [0.1, 0.15) is 20.4 Å². The fourth-order valence-electron chi connectivity index (χ4n) is 1.37. The SMILES string of the molecule is Cc1nc(C)c(C(=O)Nc2cc(Cl)nc(Cl)n2)s1. The zero-order chi connectivity index (χ0) is 13.3. The zero-order valence-corrected chi connectivity index (χ0v) is 11.8. The highest BCUT2D eigenvalue weighted by atomic mass is 35.5. The highest BCUT2D eigenvalue weighted by Gasteiger charge is 2.15. The Morgan fingerprint density at radius 1 is 1.28 bits per heavy atom. The van der Waals surface area contributed by atoms with Crippen LogP contribution in [0.5, 0.6) is 0 Å². The maximum atomic E-state index is 12.0. The summed E-state index contributed by atoms with van der Waals surface area (Å²) in [6.45, 7) is 3.62. The fourth-order valence-corrected chi connectivity index (χ4v) is 2.59. The zero-order valence-electron chi connectivity index (χ0n) is 9.49. The lowest BCUT2D eigenvalue weighted by atomic mass is 10.3. The quantitative estimate of drug-likeness (QED) is 0.683. The number of nitrogens with one attached hydrogen (secondary N) is 1. The summed E-state index contributed by atoms with van der Waals surface area (Å²) in [4.78, 5) is 24.3. The average molecular weight is 303 g/mol. The third-order valence-electron chi connectivity index (χ3n) is 2.02. The number of rotatable bonds is 2. The summed E-state index contributed by atoms with van der Waals surface area (Å²) < 4.78 is 0. The van der Waals surface area contributed by atoms with Crippen molar-refractivity contribution in [3.63, 3.8) is 0 Å². The molecular weight excluding hydrogens is 295 g/mol. The highest BCUT2D eigenvalue weighted by molar-refractivity contribution is 7.13. The Morgan fingerprint density at radius 3 is 2.56 bits per heavy atom. The summed E-state index contributed by atoms with van der Waals surface area (Å²) in [5.74, 6) is -0.0283. The first-order valence-corrected chi connectivity index (χ1v) is 6.48. The first-order valence-electron chi connectivity index (χ1n) is 4.91. The molecule has 0 aliphatic carbocycles. The summed E-state index contributed by atoms with van der Waals surface area (Å²) in [5.41, 5.74) is 0.682. The minimum Gasteiger partial charge on any atom is -0.306 e. The lowest BCUT2D eigenvalue weighted by Crippen LogP contribution is -2.13. The van der Waals surface area contributed by atoms with E-state index in [0.717, 1.165) is 5.01 Å². The van der Waals surface area contributed by atoms with E-state index in [1.165, 1.54) is 17.4 Å².